The highest BCUT2D eigenvalue weighted by atomic mass is 16.3. The zero-order valence-corrected chi connectivity index (χ0v) is 21.6. The Balaban J connectivity index is 1.67. The molecule has 0 radical (unpaired) electrons. The summed E-state index contributed by atoms with van der Waals surface area (Å²) in [6, 6.07) is 29.0. The van der Waals surface area contributed by atoms with Crippen molar-refractivity contribution in [1.29, 1.82) is 0 Å². The van der Waals surface area contributed by atoms with E-state index in [1.807, 2.05) is 110 Å². The van der Waals surface area contributed by atoms with Crippen LogP contribution in [0.4, 0.5) is 11.4 Å². The zero-order chi connectivity index (χ0) is 26.2. The maximum atomic E-state index is 14.0. The van der Waals surface area contributed by atoms with Crippen LogP contribution >= 0.6 is 0 Å². The number of nitrogens with one attached hydrogen (secondary N) is 1. The largest absolute Gasteiger partial charge is 0.459 e. The van der Waals surface area contributed by atoms with Crippen LogP contribution in [0.25, 0.3) is 0 Å². The molecule has 4 rings (SSSR count). The zero-order valence-electron chi connectivity index (χ0n) is 21.6. The molecule has 6 heteroatoms. The molecule has 0 aliphatic rings. The van der Waals surface area contributed by atoms with Gasteiger partial charge in [0, 0.05) is 38.6 Å². The second-order valence-corrected chi connectivity index (χ2v) is 9.22. The number of rotatable bonds is 10. The van der Waals surface area contributed by atoms with Gasteiger partial charge in [0.25, 0.3) is 5.91 Å². The first kappa shape index (κ1) is 25.8. The minimum absolute atomic E-state index is 0.0762. The summed E-state index contributed by atoms with van der Waals surface area (Å²) in [4.78, 5) is 30.5. The Kier molecular flexibility index (Phi) is 8.41. The van der Waals surface area contributed by atoms with Crippen LogP contribution in [-0.2, 0) is 17.9 Å². The number of nitrogens with zero attached hydrogens (tertiary/aromatic N) is 2. The van der Waals surface area contributed by atoms with Gasteiger partial charge in [-0.2, -0.15) is 0 Å². The third kappa shape index (κ3) is 6.47. The number of anilines is 2. The SMILES string of the molecule is CC[C@@H](C(=O)N(Cc1ccccc1)Cc1cc(NC(=O)c2ccco2)ccc1N(C)C)c1ccccc1. The predicted molar refractivity (Wildman–Crippen MR) is 148 cm³/mol. The topological polar surface area (TPSA) is 65.8 Å². The van der Waals surface area contributed by atoms with Gasteiger partial charge >= 0.3 is 0 Å². The molecule has 190 valence electrons. The molecule has 0 unspecified atom stereocenters. The standard InChI is InChI=1S/C31H33N3O3/c1-4-27(24-14-9-6-10-15-24)31(36)34(21-23-12-7-5-8-13-23)22-25-20-26(17-18-28(25)33(2)3)32-30(35)29-16-11-19-37-29/h5-20,27H,4,21-22H2,1-3H3,(H,32,35)/t27-/m1/s1. The predicted octanol–water partition coefficient (Wildman–Crippen LogP) is 6.32. The van der Waals surface area contributed by atoms with Crippen LogP contribution in [0.15, 0.2) is 102 Å². The van der Waals surface area contributed by atoms with Crippen molar-refractivity contribution in [3.05, 3.63) is 120 Å². The number of furan rings is 1. The van der Waals surface area contributed by atoms with E-state index < -0.39 is 0 Å². The third-order valence-corrected chi connectivity index (χ3v) is 6.36. The number of carbonyl (C=O) groups is 2. The molecular weight excluding hydrogens is 462 g/mol. The molecule has 6 nitrogen and oxygen atoms in total. The molecule has 1 N–H and O–H groups in total. The van der Waals surface area contributed by atoms with E-state index in [1.54, 1.807) is 12.1 Å². The fraction of sp³-hybridized carbons (Fsp3) is 0.226. The van der Waals surface area contributed by atoms with Crippen molar-refractivity contribution in [3.63, 3.8) is 0 Å². The molecule has 0 fully saturated rings. The monoisotopic (exact) mass is 495 g/mol. The quantitative estimate of drug-likeness (QED) is 0.280. The number of hydrogen-bond donors (Lipinski definition) is 1. The van der Waals surface area contributed by atoms with E-state index in [9.17, 15) is 9.59 Å². The lowest BCUT2D eigenvalue weighted by Gasteiger charge is -2.29. The third-order valence-electron chi connectivity index (χ3n) is 6.36. The normalized spacial score (nSPS) is 11.5. The summed E-state index contributed by atoms with van der Waals surface area (Å²) in [5.41, 5.74) is 4.64. The van der Waals surface area contributed by atoms with Crippen LogP contribution in [0.1, 0.15) is 46.5 Å². The van der Waals surface area contributed by atoms with E-state index in [0.717, 1.165) is 22.4 Å². The maximum Gasteiger partial charge on any atom is 0.291 e. The van der Waals surface area contributed by atoms with Gasteiger partial charge in [-0.3, -0.25) is 9.59 Å². The molecule has 0 aliphatic carbocycles. The molecule has 1 atom stereocenters. The van der Waals surface area contributed by atoms with Gasteiger partial charge in [0.2, 0.25) is 5.91 Å². The van der Waals surface area contributed by atoms with Crippen LogP contribution in [0.3, 0.4) is 0 Å². The Morgan fingerprint density at radius 2 is 1.57 bits per heavy atom. The van der Waals surface area contributed by atoms with Crippen LogP contribution < -0.4 is 10.2 Å². The Bertz CT molecular complexity index is 1300. The average Bonchev–Trinajstić information content (AvgIpc) is 3.45. The molecule has 2 amide bonds. The minimum atomic E-state index is -0.319. The molecule has 0 saturated heterocycles. The van der Waals surface area contributed by atoms with Crippen molar-refractivity contribution in [3.8, 4) is 0 Å². The van der Waals surface area contributed by atoms with Crippen LogP contribution in [0.2, 0.25) is 0 Å². The number of amides is 2. The van der Waals surface area contributed by atoms with Gasteiger partial charge in [0.15, 0.2) is 5.76 Å². The molecule has 37 heavy (non-hydrogen) atoms. The Labute approximate surface area is 218 Å². The number of carbonyl (C=O) groups excluding carboxylic acids is 2. The maximum absolute atomic E-state index is 14.0. The first-order valence-electron chi connectivity index (χ1n) is 12.5. The van der Waals surface area contributed by atoms with Gasteiger partial charge in [-0.25, -0.2) is 0 Å². The van der Waals surface area contributed by atoms with Gasteiger partial charge in [0.05, 0.1) is 12.2 Å². The molecule has 3 aromatic carbocycles. The van der Waals surface area contributed by atoms with E-state index in [4.69, 9.17) is 4.42 Å². The molecule has 0 aliphatic heterocycles. The summed E-state index contributed by atoms with van der Waals surface area (Å²) in [5.74, 6) is -0.240. The van der Waals surface area contributed by atoms with E-state index in [1.165, 1.54) is 6.26 Å². The van der Waals surface area contributed by atoms with Gasteiger partial charge < -0.3 is 19.5 Å². The minimum Gasteiger partial charge on any atom is -0.459 e. The first-order valence-corrected chi connectivity index (χ1v) is 12.5. The molecule has 0 saturated carbocycles. The molecule has 1 heterocycles. The molecule has 4 aromatic rings. The average molecular weight is 496 g/mol. The lowest BCUT2D eigenvalue weighted by molar-refractivity contribution is -0.134. The van der Waals surface area contributed by atoms with Crippen molar-refractivity contribution in [2.75, 3.05) is 24.3 Å². The summed E-state index contributed by atoms with van der Waals surface area (Å²) < 4.78 is 5.23. The van der Waals surface area contributed by atoms with Crippen molar-refractivity contribution in [2.24, 2.45) is 0 Å². The second-order valence-electron chi connectivity index (χ2n) is 9.22. The second kappa shape index (κ2) is 12.1. The van der Waals surface area contributed by atoms with Crippen molar-refractivity contribution >= 4 is 23.2 Å². The van der Waals surface area contributed by atoms with Crippen LogP contribution in [0, 0.1) is 0 Å². The van der Waals surface area contributed by atoms with Gasteiger partial charge in [-0.15, -0.1) is 0 Å². The fourth-order valence-electron chi connectivity index (χ4n) is 4.51. The Morgan fingerprint density at radius 1 is 0.865 bits per heavy atom. The van der Waals surface area contributed by atoms with E-state index >= 15 is 0 Å². The van der Waals surface area contributed by atoms with Crippen molar-refractivity contribution < 1.29 is 14.0 Å². The Morgan fingerprint density at radius 3 is 2.19 bits per heavy atom. The van der Waals surface area contributed by atoms with Crippen LogP contribution in [-0.4, -0.2) is 30.8 Å². The van der Waals surface area contributed by atoms with Crippen molar-refractivity contribution in [2.45, 2.75) is 32.4 Å². The first-order chi connectivity index (χ1) is 18.0. The summed E-state index contributed by atoms with van der Waals surface area (Å²) in [7, 11) is 3.95. The molecule has 0 bridgehead atoms. The molecular formula is C31H33N3O3. The van der Waals surface area contributed by atoms with Gasteiger partial charge in [-0.1, -0.05) is 67.6 Å². The summed E-state index contributed by atoms with van der Waals surface area (Å²) >= 11 is 0. The van der Waals surface area contributed by atoms with Gasteiger partial charge in [0.1, 0.15) is 0 Å². The van der Waals surface area contributed by atoms with E-state index in [2.05, 4.69) is 5.32 Å². The number of hydrogen-bond acceptors (Lipinski definition) is 4. The molecule has 0 spiro atoms. The highest BCUT2D eigenvalue weighted by Gasteiger charge is 2.26. The van der Waals surface area contributed by atoms with Gasteiger partial charge in [-0.05, 0) is 53.4 Å². The lowest BCUT2D eigenvalue weighted by Crippen LogP contribution is -2.34. The Hall–Kier alpha value is -4.32. The van der Waals surface area contributed by atoms with Crippen molar-refractivity contribution in [1.82, 2.24) is 4.90 Å². The van der Waals surface area contributed by atoms with E-state index in [-0.39, 0.29) is 23.5 Å². The lowest BCUT2D eigenvalue weighted by atomic mass is 9.94. The highest BCUT2D eigenvalue weighted by Crippen LogP contribution is 2.29. The molecule has 1 aromatic heterocycles. The highest BCUT2D eigenvalue weighted by molar-refractivity contribution is 6.02. The summed E-state index contributed by atoms with van der Waals surface area (Å²) in [6.45, 7) is 2.93. The summed E-state index contributed by atoms with van der Waals surface area (Å²) in [5, 5.41) is 2.91. The summed E-state index contributed by atoms with van der Waals surface area (Å²) in [6.07, 6.45) is 2.17. The number of benzene rings is 3. The smallest absolute Gasteiger partial charge is 0.291 e. The van der Waals surface area contributed by atoms with Crippen LogP contribution in [0.5, 0.6) is 0 Å². The fourth-order valence-corrected chi connectivity index (χ4v) is 4.51. The van der Waals surface area contributed by atoms with E-state index in [0.29, 0.717) is 25.2 Å².